The van der Waals surface area contributed by atoms with Gasteiger partial charge >= 0.3 is 5.97 Å². The average molecular weight is 355 g/mol. The Balaban J connectivity index is 1.85. The van der Waals surface area contributed by atoms with Crippen LogP contribution in [0.15, 0.2) is 18.3 Å². The fourth-order valence-corrected chi connectivity index (χ4v) is 3.74. The summed E-state index contributed by atoms with van der Waals surface area (Å²) < 4.78 is 5.24. The zero-order valence-corrected chi connectivity index (χ0v) is 16.1. The Kier molecular flexibility index (Phi) is 6.09. The van der Waals surface area contributed by atoms with Gasteiger partial charge in [0.15, 0.2) is 0 Å². The molecule has 0 radical (unpaired) electrons. The zero-order chi connectivity index (χ0) is 18.5. The molecule has 1 aromatic heterocycles. The molecule has 1 fully saturated rings. The minimum atomic E-state index is -0.317. The molecule has 2 aromatic rings. The molecule has 3 rings (SSSR count). The van der Waals surface area contributed by atoms with Crippen LogP contribution in [0.3, 0.4) is 0 Å². The summed E-state index contributed by atoms with van der Waals surface area (Å²) >= 11 is 0. The van der Waals surface area contributed by atoms with Gasteiger partial charge in [-0.15, -0.1) is 0 Å². The van der Waals surface area contributed by atoms with Crippen LogP contribution >= 0.6 is 0 Å². The summed E-state index contributed by atoms with van der Waals surface area (Å²) in [5.74, 6) is -0.317. The summed E-state index contributed by atoms with van der Waals surface area (Å²) in [6.07, 6.45) is 5.32. The molecular formula is C21H29N3O2. The molecule has 0 bridgehead atoms. The number of anilines is 1. The third-order valence-electron chi connectivity index (χ3n) is 4.95. The van der Waals surface area contributed by atoms with Crippen molar-refractivity contribution in [3.8, 4) is 0 Å². The maximum absolute atomic E-state index is 12.4. The maximum atomic E-state index is 12.4. The second-order valence-electron chi connectivity index (χ2n) is 7.07. The topological polar surface area (TPSA) is 54.5 Å². The van der Waals surface area contributed by atoms with E-state index >= 15 is 0 Å². The van der Waals surface area contributed by atoms with Crippen LogP contribution in [-0.4, -0.2) is 48.6 Å². The zero-order valence-electron chi connectivity index (χ0n) is 16.1. The molecule has 140 valence electrons. The minimum absolute atomic E-state index is 0.317. The largest absolute Gasteiger partial charge is 0.462 e. The van der Waals surface area contributed by atoms with Gasteiger partial charge < -0.3 is 15.0 Å². The first-order chi connectivity index (χ1) is 12.6. The van der Waals surface area contributed by atoms with E-state index in [1.807, 2.05) is 6.92 Å². The van der Waals surface area contributed by atoms with Crippen LogP contribution in [0.2, 0.25) is 0 Å². The van der Waals surface area contributed by atoms with Crippen LogP contribution < -0.4 is 5.32 Å². The number of carbonyl (C=O) groups excluding carboxylic acids is 1. The highest BCUT2D eigenvalue weighted by Crippen LogP contribution is 2.29. The Morgan fingerprint density at radius 3 is 2.77 bits per heavy atom. The lowest BCUT2D eigenvalue weighted by Gasteiger charge is -2.17. The van der Waals surface area contributed by atoms with Crippen molar-refractivity contribution in [2.45, 2.75) is 40.0 Å². The molecule has 1 aliphatic heterocycles. The van der Waals surface area contributed by atoms with Gasteiger partial charge in [0.1, 0.15) is 5.56 Å². The molecular weight excluding hydrogens is 326 g/mol. The number of likely N-dealkylation sites (tertiary alicyclic amines) is 1. The molecule has 2 heterocycles. The minimum Gasteiger partial charge on any atom is -0.462 e. The van der Waals surface area contributed by atoms with Gasteiger partial charge in [0.05, 0.1) is 17.8 Å². The van der Waals surface area contributed by atoms with Gasteiger partial charge in [0.25, 0.3) is 0 Å². The van der Waals surface area contributed by atoms with Gasteiger partial charge in [-0.2, -0.15) is 0 Å². The molecule has 5 nitrogen and oxygen atoms in total. The first kappa shape index (κ1) is 18.6. The van der Waals surface area contributed by atoms with Gasteiger partial charge in [-0.1, -0.05) is 11.6 Å². The van der Waals surface area contributed by atoms with Crippen molar-refractivity contribution in [3.05, 3.63) is 35.0 Å². The molecule has 0 atom stereocenters. The quantitative estimate of drug-likeness (QED) is 0.602. The van der Waals surface area contributed by atoms with Gasteiger partial charge in [0.2, 0.25) is 0 Å². The van der Waals surface area contributed by atoms with E-state index in [1.54, 1.807) is 6.20 Å². The predicted molar refractivity (Wildman–Crippen MR) is 106 cm³/mol. The van der Waals surface area contributed by atoms with Gasteiger partial charge in [0, 0.05) is 18.1 Å². The van der Waals surface area contributed by atoms with Crippen LogP contribution in [0.4, 0.5) is 5.69 Å². The monoisotopic (exact) mass is 355 g/mol. The number of fused-ring (bicyclic) bond motifs is 1. The van der Waals surface area contributed by atoms with Crippen molar-refractivity contribution >= 4 is 22.6 Å². The summed E-state index contributed by atoms with van der Waals surface area (Å²) in [4.78, 5) is 19.4. The number of benzene rings is 1. The van der Waals surface area contributed by atoms with E-state index in [1.165, 1.54) is 25.9 Å². The lowest BCUT2D eigenvalue weighted by Crippen LogP contribution is -2.22. The van der Waals surface area contributed by atoms with Crippen molar-refractivity contribution in [1.82, 2.24) is 9.88 Å². The lowest BCUT2D eigenvalue weighted by molar-refractivity contribution is 0.0527. The van der Waals surface area contributed by atoms with E-state index in [0.29, 0.717) is 12.2 Å². The summed E-state index contributed by atoms with van der Waals surface area (Å²) in [5, 5.41) is 4.50. The number of rotatable bonds is 7. The smallest absolute Gasteiger partial charge is 0.341 e. The first-order valence-corrected chi connectivity index (χ1v) is 9.63. The molecule has 0 spiro atoms. The SMILES string of the molecule is CCOC(=O)c1cnc2c(C)cc(C)cc2c1NCCCN1CCCC1. The van der Waals surface area contributed by atoms with E-state index in [4.69, 9.17) is 4.74 Å². The number of nitrogens with zero attached hydrogens (tertiary/aromatic N) is 2. The molecule has 1 aliphatic rings. The van der Waals surface area contributed by atoms with E-state index < -0.39 is 0 Å². The van der Waals surface area contributed by atoms with E-state index in [2.05, 4.69) is 41.2 Å². The number of carbonyl (C=O) groups is 1. The van der Waals surface area contributed by atoms with Gasteiger partial charge in [-0.25, -0.2) is 4.79 Å². The molecule has 1 aromatic carbocycles. The van der Waals surface area contributed by atoms with E-state index in [0.717, 1.165) is 47.2 Å². The third-order valence-corrected chi connectivity index (χ3v) is 4.95. The average Bonchev–Trinajstić information content (AvgIpc) is 3.12. The Morgan fingerprint density at radius 2 is 2.04 bits per heavy atom. The molecule has 0 unspecified atom stereocenters. The summed E-state index contributed by atoms with van der Waals surface area (Å²) in [5.41, 5.74) is 4.59. The number of nitrogens with one attached hydrogen (secondary N) is 1. The highest BCUT2D eigenvalue weighted by atomic mass is 16.5. The predicted octanol–water partition coefficient (Wildman–Crippen LogP) is 3.93. The molecule has 5 heteroatoms. The highest BCUT2D eigenvalue weighted by molar-refractivity contribution is 6.05. The van der Waals surface area contributed by atoms with E-state index in [-0.39, 0.29) is 5.97 Å². The molecule has 0 amide bonds. The van der Waals surface area contributed by atoms with Crippen LogP contribution in [0, 0.1) is 13.8 Å². The van der Waals surface area contributed by atoms with Crippen molar-refractivity contribution in [1.29, 1.82) is 0 Å². The fraction of sp³-hybridized carbons (Fsp3) is 0.524. The number of hydrogen-bond donors (Lipinski definition) is 1. The number of pyridine rings is 1. The maximum Gasteiger partial charge on any atom is 0.341 e. The van der Waals surface area contributed by atoms with Crippen LogP contribution in [0.1, 0.15) is 47.7 Å². The number of aromatic nitrogens is 1. The van der Waals surface area contributed by atoms with Crippen molar-refractivity contribution < 1.29 is 9.53 Å². The first-order valence-electron chi connectivity index (χ1n) is 9.63. The van der Waals surface area contributed by atoms with Crippen LogP contribution in [0.5, 0.6) is 0 Å². The van der Waals surface area contributed by atoms with Crippen molar-refractivity contribution in [2.75, 3.05) is 38.1 Å². The molecule has 1 saturated heterocycles. The lowest BCUT2D eigenvalue weighted by atomic mass is 10.0. The Morgan fingerprint density at radius 1 is 1.27 bits per heavy atom. The molecule has 0 saturated carbocycles. The van der Waals surface area contributed by atoms with Gasteiger partial charge in [-0.3, -0.25) is 4.98 Å². The summed E-state index contributed by atoms with van der Waals surface area (Å²) in [6, 6.07) is 4.22. The molecule has 1 N–H and O–H groups in total. The Labute approximate surface area is 155 Å². The Bertz CT molecular complexity index is 782. The van der Waals surface area contributed by atoms with E-state index in [9.17, 15) is 4.79 Å². The fourth-order valence-electron chi connectivity index (χ4n) is 3.74. The second-order valence-corrected chi connectivity index (χ2v) is 7.07. The molecule has 26 heavy (non-hydrogen) atoms. The Hall–Kier alpha value is -2.14. The van der Waals surface area contributed by atoms with Crippen LogP contribution in [0.25, 0.3) is 10.9 Å². The normalized spacial score (nSPS) is 14.7. The third kappa shape index (κ3) is 4.15. The summed E-state index contributed by atoms with van der Waals surface area (Å²) in [6.45, 7) is 10.7. The summed E-state index contributed by atoms with van der Waals surface area (Å²) in [7, 11) is 0. The number of esters is 1. The number of aryl methyl sites for hydroxylation is 2. The van der Waals surface area contributed by atoms with Crippen molar-refractivity contribution in [2.24, 2.45) is 0 Å². The second kappa shape index (κ2) is 8.49. The highest BCUT2D eigenvalue weighted by Gasteiger charge is 2.18. The van der Waals surface area contributed by atoms with Crippen molar-refractivity contribution in [3.63, 3.8) is 0 Å². The van der Waals surface area contributed by atoms with Crippen LogP contribution in [-0.2, 0) is 4.74 Å². The number of ether oxygens (including phenoxy) is 1. The van der Waals surface area contributed by atoms with Gasteiger partial charge in [-0.05, 0) is 71.3 Å². The molecule has 0 aliphatic carbocycles. The number of hydrogen-bond acceptors (Lipinski definition) is 5. The standard InChI is InChI=1S/C21H29N3O2/c1-4-26-21(25)18-14-23-19-16(3)12-15(2)13-17(19)20(18)22-8-7-11-24-9-5-6-10-24/h12-14H,4-11H2,1-3H3,(H,22,23).